The van der Waals surface area contributed by atoms with Gasteiger partial charge in [0.05, 0.1) is 12.0 Å². The van der Waals surface area contributed by atoms with Crippen LogP contribution in [0.5, 0.6) is 0 Å². The Balaban J connectivity index is 3.02. The van der Waals surface area contributed by atoms with Gasteiger partial charge >= 0.3 is 5.97 Å². The highest BCUT2D eigenvalue weighted by Crippen LogP contribution is 2.16. The lowest BCUT2D eigenvalue weighted by atomic mass is 10.1. The zero-order chi connectivity index (χ0) is 16.2. The molecule has 0 saturated heterocycles. The second-order valence-corrected chi connectivity index (χ2v) is 6.94. The molecule has 0 amide bonds. The van der Waals surface area contributed by atoms with Crippen LogP contribution in [0.25, 0.3) is 0 Å². The van der Waals surface area contributed by atoms with E-state index in [1.165, 1.54) is 19.2 Å². The van der Waals surface area contributed by atoms with E-state index in [0.29, 0.717) is 0 Å². The molecular formula is C14H22N2O4S. The number of rotatable bonds is 6. The van der Waals surface area contributed by atoms with Crippen LogP contribution < -0.4 is 10.5 Å². The fourth-order valence-electron chi connectivity index (χ4n) is 1.77. The van der Waals surface area contributed by atoms with Gasteiger partial charge in [0.2, 0.25) is 10.0 Å². The Labute approximate surface area is 125 Å². The third-order valence-corrected chi connectivity index (χ3v) is 4.58. The van der Waals surface area contributed by atoms with Crippen molar-refractivity contribution < 1.29 is 17.9 Å². The molecule has 21 heavy (non-hydrogen) atoms. The van der Waals surface area contributed by atoms with Gasteiger partial charge in [-0.2, -0.15) is 4.72 Å². The predicted octanol–water partition coefficient (Wildman–Crippen LogP) is 1.18. The topological polar surface area (TPSA) is 98.5 Å². The molecule has 2 atom stereocenters. The van der Waals surface area contributed by atoms with E-state index in [0.717, 1.165) is 5.56 Å². The van der Waals surface area contributed by atoms with E-state index in [2.05, 4.69) is 9.46 Å². The number of methoxy groups -OCH3 is 1. The number of nitrogens with two attached hydrogens (primary N) is 1. The minimum absolute atomic E-state index is 0.0847. The van der Waals surface area contributed by atoms with Crippen LogP contribution in [-0.4, -0.2) is 27.5 Å². The van der Waals surface area contributed by atoms with Gasteiger partial charge in [-0.25, -0.2) is 8.42 Å². The van der Waals surface area contributed by atoms with Crippen molar-refractivity contribution in [2.75, 3.05) is 7.11 Å². The highest BCUT2D eigenvalue weighted by Gasteiger charge is 2.29. The first kappa shape index (κ1) is 17.6. The first-order valence-electron chi connectivity index (χ1n) is 6.64. The third-order valence-electron chi connectivity index (χ3n) is 3.12. The molecule has 0 fully saturated rings. The first-order valence-corrected chi connectivity index (χ1v) is 8.13. The minimum atomic E-state index is -3.79. The third kappa shape index (κ3) is 4.52. The zero-order valence-corrected chi connectivity index (χ0v) is 13.5. The SMILES string of the molecule is COC(=O)C(NS(=O)(=O)c1ccc(C(C)N)cc1)C(C)C. The quantitative estimate of drug-likeness (QED) is 0.768. The van der Waals surface area contributed by atoms with E-state index in [-0.39, 0.29) is 16.9 Å². The fourth-order valence-corrected chi connectivity index (χ4v) is 3.10. The molecule has 6 nitrogen and oxygen atoms in total. The summed E-state index contributed by atoms with van der Waals surface area (Å²) < 4.78 is 31.6. The Morgan fingerprint density at radius 3 is 2.10 bits per heavy atom. The Hall–Kier alpha value is -1.44. The molecule has 0 heterocycles. The summed E-state index contributed by atoms with van der Waals surface area (Å²) in [7, 11) is -2.57. The number of sulfonamides is 1. The van der Waals surface area contributed by atoms with Gasteiger partial charge in [0.15, 0.2) is 0 Å². The summed E-state index contributed by atoms with van der Waals surface area (Å²) in [5.41, 5.74) is 6.56. The highest BCUT2D eigenvalue weighted by molar-refractivity contribution is 7.89. The first-order chi connectivity index (χ1) is 9.69. The standard InChI is InChI=1S/C14H22N2O4S/c1-9(2)13(14(17)20-4)16-21(18,19)12-7-5-11(6-8-12)10(3)15/h5-10,13,16H,15H2,1-4H3. The van der Waals surface area contributed by atoms with Gasteiger partial charge in [-0.15, -0.1) is 0 Å². The maximum absolute atomic E-state index is 12.3. The van der Waals surface area contributed by atoms with Crippen LogP contribution >= 0.6 is 0 Å². The summed E-state index contributed by atoms with van der Waals surface area (Å²) in [6, 6.07) is 5.15. The van der Waals surface area contributed by atoms with Gasteiger partial charge in [-0.05, 0) is 30.5 Å². The molecule has 0 spiro atoms. The number of hydrogen-bond acceptors (Lipinski definition) is 5. The van der Waals surface area contributed by atoms with Crippen molar-refractivity contribution in [3.63, 3.8) is 0 Å². The molecule has 1 aromatic rings. The van der Waals surface area contributed by atoms with E-state index in [4.69, 9.17) is 5.73 Å². The summed E-state index contributed by atoms with van der Waals surface area (Å²) in [5.74, 6) is -0.837. The lowest BCUT2D eigenvalue weighted by Gasteiger charge is -2.20. The molecule has 0 aliphatic rings. The molecular weight excluding hydrogens is 292 g/mol. The van der Waals surface area contributed by atoms with Gasteiger partial charge in [-0.1, -0.05) is 26.0 Å². The molecule has 0 radical (unpaired) electrons. The highest BCUT2D eigenvalue weighted by atomic mass is 32.2. The molecule has 118 valence electrons. The number of benzene rings is 1. The van der Waals surface area contributed by atoms with Crippen molar-refractivity contribution in [3.8, 4) is 0 Å². The Bertz CT molecular complexity index is 579. The molecule has 1 rings (SSSR count). The maximum atomic E-state index is 12.3. The summed E-state index contributed by atoms with van der Waals surface area (Å²) in [5, 5.41) is 0. The molecule has 0 saturated carbocycles. The number of nitrogens with one attached hydrogen (secondary N) is 1. The van der Waals surface area contributed by atoms with Gasteiger partial charge < -0.3 is 10.5 Å². The zero-order valence-electron chi connectivity index (χ0n) is 12.7. The number of carbonyl (C=O) groups excluding carboxylic acids is 1. The average molecular weight is 314 g/mol. The van der Waals surface area contributed by atoms with E-state index in [9.17, 15) is 13.2 Å². The second kappa shape index (κ2) is 7.02. The lowest BCUT2D eigenvalue weighted by Crippen LogP contribution is -2.44. The average Bonchev–Trinajstić information content (AvgIpc) is 2.43. The van der Waals surface area contributed by atoms with Crippen LogP contribution in [0.2, 0.25) is 0 Å². The monoisotopic (exact) mass is 314 g/mol. The Kier molecular flexibility index (Phi) is 5.88. The summed E-state index contributed by atoms with van der Waals surface area (Å²) in [6.45, 7) is 5.29. The van der Waals surface area contributed by atoms with Crippen molar-refractivity contribution in [1.82, 2.24) is 4.72 Å². The predicted molar refractivity (Wildman–Crippen MR) is 80.0 cm³/mol. The van der Waals surface area contributed by atoms with E-state index >= 15 is 0 Å². The van der Waals surface area contributed by atoms with Crippen molar-refractivity contribution in [1.29, 1.82) is 0 Å². The van der Waals surface area contributed by atoms with E-state index in [1.54, 1.807) is 26.0 Å². The van der Waals surface area contributed by atoms with Crippen molar-refractivity contribution in [3.05, 3.63) is 29.8 Å². The number of ether oxygens (including phenoxy) is 1. The number of carbonyl (C=O) groups is 1. The van der Waals surface area contributed by atoms with Crippen LogP contribution in [0, 0.1) is 5.92 Å². The maximum Gasteiger partial charge on any atom is 0.324 e. The molecule has 0 aliphatic heterocycles. The van der Waals surface area contributed by atoms with Crippen molar-refractivity contribution in [2.45, 2.75) is 37.8 Å². The van der Waals surface area contributed by atoms with E-state index in [1.807, 2.05) is 6.92 Å². The van der Waals surface area contributed by atoms with Crippen molar-refractivity contribution in [2.24, 2.45) is 11.7 Å². The van der Waals surface area contributed by atoms with Crippen LogP contribution in [0.15, 0.2) is 29.2 Å². The Morgan fingerprint density at radius 1 is 1.19 bits per heavy atom. The van der Waals surface area contributed by atoms with Gasteiger partial charge in [-0.3, -0.25) is 4.79 Å². The smallest absolute Gasteiger partial charge is 0.324 e. The largest absolute Gasteiger partial charge is 0.468 e. The van der Waals surface area contributed by atoms with Crippen LogP contribution in [0.4, 0.5) is 0 Å². The fraction of sp³-hybridized carbons (Fsp3) is 0.500. The molecule has 3 N–H and O–H groups in total. The summed E-state index contributed by atoms with van der Waals surface area (Å²) >= 11 is 0. The molecule has 7 heteroatoms. The lowest BCUT2D eigenvalue weighted by molar-refractivity contribution is -0.143. The molecule has 2 unspecified atom stereocenters. The summed E-state index contributed by atoms with van der Waals surface area (Å²) in [6.07, 6.45) is 0. The molecule has 0 aromatic heterocycles. The normalized spacial score (nSPS) is 14.8. The van der Waals surface area contributed by atoms with Crippen molar-refractivity contribution >= 4 is 16.0 Å². The number of hydrogen-bond donors (Lipinski definition) is 2. The molecule has 0 bridgehead atoms. The van der Waals surface area contributed by atoms with E-state index < -0.39 is 22.0 Å². The van der Waals surface area contributed by atoms with Gasteiger partial charge in [0.1, 0.15) is 6.04 Å². The summed E-state index contributed by atoms with van der Waals surface area (Å²) in [4.78, 5) is 11.7. The minimum Gasteiger partial charge on any atom is -0.468 e. The van der Waals surface area contributed by atoms with Crippen LogP contribution in [-0.2, 0) is 19.6 Å². The van der Waals surface area contributed by atoms with Gasteiger partial charge in [0.25, 0.3) is 0 Å². The molecule has 1 aromatic carbocycles. The Morgan fingerprint density at radius 2 is 1.71 bits per heavy atom. The van der Waals surface area contributed by atoms with Crippen LogP contribution in [0.3, 0.4) is 0 Å². The van der Waals surface area contributed by atoms with Gasteiger partial charge in [0, 0.05) is 6.04 Å². The van der Waals surface area contributed by atoms with Crippen LogP contribution in [0.1, 0.15) is 32.4 Å². The second-order valence-electron chi connectivity index (χ2n) is 5.22. The number of esters is 1. The molecule has 0 aliphatic carbocycles.